The van der Waals surface area contributed by atoms with E-state index in [1.54, 1.807) is 0 Å². The number of aryl methyl sites for hydroxylation is 2. The zero-order valence-corrected chi connectivity index (χ0v) is 14.4. The molecule has 1 aromatic carbocycles. The van der Waals surface area contributed by atoms with Crippen LogP contribution in [0.15, 0.2) is 48.9 Å². The second kappa shape index (κ2) is 6.11. The van der Waals surface area contributed by atoms with Crippen LogP contribution < -0.4 is 0 Å². The van der Waals surface area contributed by atoms with Gasteiger partial charge in [0.05, 0.1) is 17.9 Å². The second-order valence-electron chi connectivity index (χ2n) is 6.25. The Labute approximate surface area is 149 Å². The first-order valence-electron chi connectivity index (χ1n) is 8.18. The molecule has 3 heterocycles. The molecular formula is C19H17N5O2. The SMILES string of the molecule is Cc1ccc(-c2nc3ccc(C)cn3c2Cn2ncnc2C(=O)O)cc1. The number of imidazole rings is 1. The lowest BCUT2D eigenvalue weighted by Gasteiger charge is -2.08. The van der Waals surface area contributed by atoms with Gasteiger partial charge in [-0.1, -0.05) is 35.9 Å². The largest absolute Gasteiger partial charge is 0.475 e. The first-order chi connectivity index (χ1) is 12.5. The van der Waals surface area contributed by atoms with Crippen LogP contribution >= 0.6 is 0 Å². The Kier molecular flexibility index (Phi) is 3.76. The third kappa shape index (κ3) is 2.73. The summed E-state index contributed by atoms with van der Waals surface area (Å²) in [5, 5.41) is 13.4. The predicted octanol–water partition coefficient (Wildman–Crippen LogP) is 2.96. The summed E-state index contributed by atoms with van der Waals surface area (Å²) in [6, 6.07) is 12.1. The number of pyridine rings is 1. The van der Waals surface area contributed by atoms with E-state index in [2.05, 4.69) is 10.1 Å². The van der Waals surface area contributed by atoms with Crippen LogP contribution in [0, 0.1) is 13.8 Å². The summed E-state index contributed by atoms with van der Waals surface area (Å²) in [5.41, 5.74) is 5.70. The number of carboxylic acid groups (broad SMARTS) is 1. The number of aromatic nitrogens is 5. The lowest BCUT2D eigenvalue weighted by molar-refractivity contribution is 0.0677. The van der Waals surface area contributed by atoms with Crippen molar-refractivity contribution in [3.63, 3.8) is 0 Å². The molecule has 4 rings (SSSR count). The van der Waals surface area contributed by atoms with E-state index in [4.69, 9.17) is 4.98 Å². The van der Waals surface area contributed by atoms with E-state index in [0.29, 0.717) is 0 Å². The highest BCUT2D eigenvalue weighted by molar-refractivity contribution is 5.83. The second-order valence-corrected chi connectivity index (χ2v) is 6.25. The number of aromatic carboxylic acids is 1. The van der Waals surface area contributed by atoms with Crippen LogP contribution in [-0.2, 0) is 6.54 Å². The van der Waals surface area contributed by atoms with Crippen molar-refractivity contribution in [1.82, 2.24) is 24.1 Å². The number of carbonyl (C=O) groups is 1. The molecule has 0 bridgehead atoms. The Morgan fingerprint density at radius 1 is 1.08 bits per heavy atom. The Hall–Kier alpha value is -3.48. The number of hydrogen-bond donors (Lipinski definition) is 1. The lowest BCUT2D eigenvalue weighted by Crippen LogP contribution is -2.13. The first-order valence-corrected chi connectivity index (χ1v) is 8.18. The normalized spacial score (nSPS) is 11.2. The maximum absolute atomic E-state index is 11.4. The maximum atomic E-state index is 11.4. The van der Waals surface area contributed by atoms with Gasteiger partial charge in [-0.05, 0) is 25.5 Å². The van der Waals surface area contributed by atoms with Gasteiger partial charge >= 0.3 is 5.97 Å². The van der Waals surface area contributed by atoms with Crippen molar-refractivity contribution in [1.29, 1.82) is 0 Å². The van der Waals surface area contributed by atoms with E-state index in [9.17, 15) is 9.90 Å². The zero-order chi connectivity index (χ0) is 18.3. The Balaban J connectivity index is 1.91. The van der Waals surface area contributed by atoms with Crippen LogP contribution in [0.4, 0.5) is 0 Å². The van der Waals surface area contributed by atoms with Crippen molar-refractivity contribution >= 4 is 11.6 Å². The molecule has 0 spiro atoms. The number of fused-ring (bicyclic) bond motifs is 1. The molecule has 0 saturated heterocycles. The van der Waals surface area contributed by atoms with Gasteiger partial charge in [0.15, 0.2) is 0 Å². The fraction of sp³-hybridized carbons (Fsp3) is 0.158. The summed E-state index contributed by atoms with van der Waals surface area (Å²) in [6.45, 7) is 4.30. The van der Waals surface area contributed by atoms with Crippen molar-refractivity contribution in [2.24, 2.45) is 0 Å². The summed E-state index contributed by atoms with van der Waals surface area (Å²) in [4.78, 5) is 20.0. The zero-order valence-electron chi connectivity index (χ0n) is 14.4. The van der Waals surface area contributed by atoms with Crippen LogP contribution in [0.25, 0.3) is 16.9 Å². The molecule has 130 valence electrons. The summed E-state index contributed by atoms with van der Waals surface area (Å²) in [5.74, 6) is -1.20. The average Bonchev–Trinajstić information content (AvgIpc) is 3.21. The molecule has 4 aromatic rings. The first kappa shape index (κ1) is 16.0. The Morgan fingerprint density at radius 3 is 2.54 bits per heavy atom. The summed E-state index contributed by atoms with van der Waals surface area (Å²) < 4.78 is 3.36. The molecule has 0 aliphatic rings. The van der Waals surface area contributed by atoms with Gasteiger partial charge in [-0.15, -0.1) is 0 Å². The fourth-order valence-electron chi connectivity index (χ4n) is 2.98. The van der Waals surface area contributed by atoms with Gasteiger partial charge in [-0.3, -0.25) is 0 Å². The van der Waals surface area contributed by atoms with Gasteiger partial charge in [-0.2, -0.15) is 5.10 Å². The maximum Gasteiger partial charge on any atom is 0.373 e. The minimum absolute atomic E-state index is 0.0949. The highest BCUT2D eigenvalue weighted by atomic mass is 16.4. The van der Waals surface area contributed by atoms with Gasteiger partial charge in [-0.25, -0.2) is 19.4 Å². The molecule has 7 nitrogen and oxygen atoms in total. The molecule has 0 atom stereocenters. The topological polar surface area (TPSA) is 85.3 Å². The third-order valence-electron chi connectivity index (χ3n) is 4.30. The molecule has 1 N–H and O–H groups in total. The van der Waals surface area contributed by atoms with Gasteiger partial charge in [0.2, 0.25) is 5.82 Å². The average molecular weight is 347 g/mol. The van der Waals surface area contributed by atoms with E-state index in [-0.39, 0.29) is 12.4 Å². The number of nitrogens with zero attached hydrogens (tertiary/aromatic N) is 5. The van der Waals surface area contributed by atoms with E-state index < -0.39 is 5.97 Å². The Morgan fingerprint density at radius 2 is 1.81 bits per heavy atom. The highest BCUT2D eigenvalue weighted by Gasteiger charge is 2.19. The van der Waals surface area contributed by atoms with E-state index in [0.717, 1.165) is 28.2 Å². The van der Waals surface area contributed by atoms with Gasteiger partial charge < -0.3 is 9.51 Å². The van der Waals surface area contributed by atoms with Crippen LogP contribution in [0.5, 0.6) is 0 Å². The fourth-order valence-corrected chi connectivity index (χ4v) is 2.98. The van der Waals surface area contributed by atoms with E-state index >= 15 is 0 Å². The Bertz CT molecular complexity index is 1110. The smallest absolute Gasteiger partial charge is 0.373 e. The monoisotopic (exact) mass is 347 g/mol. The molecule has 26 heavy (non-hydrogen) atoms. The molecule has 0 radical (unpaired) electrons. The molecule has 0 amide bonds. The highest BCUT2D eigenvalue weighted by Crippen LogP contribution is 2.26. The molecule has 7 heteroatoms. The molecule has 3 aromatic heterocycles. The van der Waals surface area contributed by atoms with E-state index in [1.807, 2.05) is 60.8 Å². The van der Waals surface area contributed by atoms with E-state index in [1.165, 1.54) is 16.6 Å². The van der Waals surface area contributed by atoms with Crippen molar-refractivity contribution in [2.45, 2.75) is 20.4 Å². The number of hydrogen-bond acceptors (Lipinski definition) is 4. The van der Waals surface area contributed by atoms with Crippen LogP contribution in [0.2, 0.25) is 0 Å². The van der Waals surface area contributed by atoms with Gasteiger partial charge in [0, 0.05) is 11.8 Å². The van der Waals surface area contributed by atoms with Crippen LogP contribution in [0.3, 0.4) is 0 Å². The minimum atomic E-state index is -1.11. The number of rotatable bonds is 4. The standard InChI is InChI=1S/C19H17N5O2/c1-12-3-6-14(7-4-12)17-15(10-24-18(19(25)26)20-11-21-24)23-9-13(2)5-8-16(23)22-17/h3-9,11H,10H2,1-2H3,(H,25,26). The van der Waals surface area contributed by atoms with Crippen molar-refractivity contribution in [2.75, 3.05) is 0 Å². The van der Waals surface area contributed by atoms with Gasteiger partial charge in [0.25, 0.3) is 0 Å². The van der Waals surface area contributed by atoms with Gasteiger partial charge in [0.1, 0.15) is 12.0 Å². The molecule has 0 fully saturated rings. The predicted molar refractivity (Wildman–Crippen MR) is 96.2 cm³/mol. The number of benzene rings is 1. The van der Waals surface area contributed by atoms with Crippen molar-refractivity contribution in [3.8, 4) is 11.3 Å². The van der Waals surface area contributed by atoms with Crippen molar-refractivity contribution < 1.29 is 9.90 Å². The molecule has 0 aliphatic heterocycles. The van der Waals surface area contributed by atoms with Crippen molar-refractivity contribution in [3.05, 3.63) is 71.6 Å². The summed E-state index contributed by atoms with van der Waals surface area (Å²) in [7, 11) is 0. The number of carboxylic acids is 1. The molecule has 0 unspecified atom stereocenters. The summed E-state index contributed by atoms with van der Waals surface area (Å²) >= 11 is 0. The molecule has 0 aliphatic carbocycles. The van der Waals surface area contributed by atoms with Crippen LogP contribution in [0.1, 0.15) is 27.4 Å². The third-order valence-corrected chi connectivity index (χ3v) is 4.30. The summed E-state index contributed by atoms with van der Waals surface area (Å²) in [6.07, 6.45) is 3.25. The molecular weight excluding hydrogens is 330 g/mol. The van der Waals surface area contributed by atoms with Crippen LogP contribution in [-0.4, -0.2) is 35.2 Å². The quantitative estimate of drug-likeness (QED) is 0.613. The molecule has 0 saturated carbocycles. The minimum Gasteiger partial charge on any atom is -0.475 e. The lowest BCUT2D eigenvalue weighted by atomic mass is 10.1.